The van der Waals surface area contributed by atoms with Crippen molar-refractivity contribution in [2.45, 2.75) is 32.0 Å². The quantitative estimate of drug-likeness (QED) is 0.523. The molecule has 3 heterocycles. The second-order valence-corrected chi connectivity index (χ2v) is 8.69. The van der Waals surface area contributed by atoms with Crippen molar-refractivity contribution < 1.29 is 27.8 Å². The number of methoxy groups -OCH3 is 1. The van der Waals surface area contributed by atoms with E-state index < -0.39 is 17.7 Å². The molecule has 1 aromatic heterocycles. The number of halogens is 2. The predicted molar refractivity (Wildman–Crippen MR) is 124 cm³/mol. The fourth-order valence-corrected chi connectivity index (χ4v) is 4.58. The number of ether oxygens (including phenoxy) is 3. The van der Waals surface area contributed by atoms with Crippen LogP contribution < -0.4 is 4.74 Å². The molecule has 2 unspecified atom stereocenters. The third-order valence-electron chi connectivity index (χ3n) is 6.38. The number of hydrogen-bond donors (Lipinski definition) is 0. The molecule has 35 heavy (non-hydrogen) atoms. The van der Waals surface area contributed by atoms with Gasteiger partial charge < -0.3 is 23.7 Å². The van der Waals surface area contributed by atoms with Crippen molar-refractivity contribution in [2.24, 2.45) is 0 Å². The number of hydrogen-bond acceptors (Lipinski definition) is 5. The Hall–Kier alpha value is -3.72. The van der Waals surface area contributed by atoms with Crippen LogP contribution in [0.1, 0.15) is 29.8 Å². The van der Waals surface area contributed by atoms with Crippen LogP contribution in [-0.4, -0.2) is 52.8 Å². The second kappa shape index (κ2) is 9.14. The van der Waals surface area contributed by atoms with E-state index in [0.29, 0.717) is 23.5 Å². The first kappa shape index (κ1) is 23.0. The number of imidazole rings is 1. The van der Waals surface area contributed by atoms with Gasteiger partial charge in [0, 0.05) is 6.20 Å². The number of fused-ring (bicyclic) bond motifs is 1. The molecular formula is C26H25F2N3O4. The minimum atomic E-state index is -0.964. The average molecular weight is 481 g/mol. The molecule has 5 rings (SSSR count). The number of morpholine rings is 2. The lowest BCUT2D eigenvalue weighted by Crippen LogP contribution is -2.59. The second-order valence-electron chi connectivity index (χ2n) is 8.69. The zero-order chi connectivity index (χ0) is 24.7. The third-order valence-corrected chi connectivity index (χ3v) is 6.38. The number of carbonyl (C=O) groups is 1. The Balaban J connectivity index is 1.48. The highest BCUT2D eigenvalue weighted by molar-refractivity contribution is 5.97. The van der Waals surface area contributed by atoms with E-state index in [9.17, 15) is 13.6 Å². The number of aryl methyl sites for hydroxylation is 1. The van der Waals surface area contributed by atoms with Crippen molar-refractivity contribution in [1.82, 2.24) is 14.5 Å². The Morgan fingerprint density at radius 2 is 1.97 bits per heavy atom. The van der Waals surface area contributed by atoms with Crippen LogP contribution in [0.4, 0.5) is 8.78 Å². The first-order valence-electron chi connectivity index (χ1n) is 11.3. The molecule has 3 aromatic rings. The normalized spacial score (nSPS) is 23.2. The van der Waals surface area contributed by atoms with Gasteiger partial charge in [-0.15, -0.1) is 0 Å². The zero-order valence-electron chi connectivity index (χ0n) is 19.6. The maximum atomic E-state index is 14.0. The number of carbonyl (C=O) groups excluding carboxylic acids is 1. The van der Waals surface area contributed by atoms with E-state index >= 15 is 0 Å². The Bertz CT molecular complexity index is 1310. The van der Waals surface area contributed by atoms with Crippen molar-refractivity contribution in [2.75, 3.05) is 20.3 Å². The Labute approximate surface area is 201 Å². The molecule has 2 aromatic carbocycles. The minimum absolute atomic E-state index is 0.163. The SMILES string of the molecule is COc1cc(C=C2OC(C)[C@H]3COCC(c4ccc(F)c(F)c4)N3C2=O)ccc1-n1cnc(C)c1. The highest BCUT2D eigenvalue weighted by atomic mass is 19.2. The number of amides is 1. The standard InChI is InChI=1S/C26H25F2N3O4/c1-15-11-30(14-29-15)21-7-4-17(8-24(21)33-3)9-25-26(32)31-22(16(2)35-25)12-34-13-23(31)18-5-6-19(27)20(28)10-18/h4-11,14,16,22-23H,12-13H2,1-3H3/t16?,22-,23?/m1/s1. The number of nitrogens with zero attached hydrogens (tertiary/aromatic N) is 3. The van der Waals surface area contributed by atoms with Crippen LogP contribution >= 0.6 is 0 Å². The molecule has 7 nitrogen and oxygen atoms in total. The van der Waals surface area contributed by atoms with E-state index in [0.717, 1.165) is 23.5 Å². The molecule has 0 saturated carbocycles. The topological polar surface area (TPSA) is 65.8 Å². The van der Waals surface area contributed by atoms with E-state index in [-0.39, 0.29) is 30.4 Å². The first-order valence-corrected chi connectivity index (χ1v) is 11.3. The van der Waals surface area contributed by atoms with Crippen LogP contribution in [0.5, 0.6) is 5.75 Å². The summed E-state index contributed by atoms with van der Waals surface area (Å²) in [6.45, 7) is 4.24. The predicted octanol–water partition coefficient (Wildman–Crippen LogP) is 4.20. The molecule has 2 fully saturated rings. The van der Waals surface area contributed by atoms with Gasteiger partial charge in [-0.05, 0) is 55.3 Å². The van der Waals surface area contributed by atoms with Gasteiger partial charge in [-0.3, -0.25) is 4.79 Å². The zero-order valence-corrected chi connectivity index (χ0v) is 19.6. The molecule has 1 amide bonds. The molecule has 182 valence electrons. The summed E-state index contributed by atoms with van der Waals surface area (Å²) in [5, 5.41) is 0. The van der Waals surface area contributed by atoms with Gasteiger partial charge in [0.25, 0.3) is 5.91 Å². The van der Waals surface area contributed by atoms with Crippen LogP contribution in [0.25, 0.3) is 11.8 Å². The molecule has 0 N–H and O–H groups in total. The number of rotatable bonds is 4. The lowest BCUT2D eigenvalue weighted by molar-refractivity contribution is -0.166. The van der Waals surface area contributed by atoms with Gasteiger partial charge in [0.05, 0.1) is 50.1 Å². The Kier molecular flexibility index (Phi) is 6.02. The summed E-state index contributed by atoms with van der Waals surface area (Å²) in [5.74, 6) is -1.46. The average Bonchev–Trinajstić information content (AvgIpc) is 3.29. The number of benzene rings is 2. The van der Waals surface area contributed by atoms with Crippen molar-refractivity contribution in [1.29, 1.82) is 0 Å². The summed E-state index contributed by atoms with van der Waals surface area (Å²) in [6, 6.07) is 8.30. The van der Waals surface area contributed by atoms with Gasteiger partial charge in [0.1, 0.15) is 11.9 Å². The van der Waals surface area contributed by atoms with Crippen molar-refractivity contribution >= 4 is 12.0 Å². The van der Waals surface area contributed by atoms with Crippen molar-refractivity contribution in [3.05, 3.63) is 83.1 Å². The molecule has 3 atom stereocenters. The summed E-state index contributed by atoms with van der Waals surface area (Å²) < 4.78 is 46.6. The van der Waals surface area contributed by atoms with Crippen LogP contribution in [0.2, 0.25) is 0 Å². The van der Waals surface area contributed by atoms with Gasteiger partial charge in [-0.1, -0.05) is 12.1 Å². The van der Waals surface area contributed by atoms with Gasteiger partial charge in [-0.2, -0.15) is 0 Å². The van der Waals surface area contributed by atoms with E-state index in [2.05, 4.69) is 4.98 Å². The monoisotopic (exact) mass is 481 g/mol. The minimum Gasteiger partial charge on any atom is -0.495 e. The summed E-state index contributed by atoms with van der Waals surface area (Å²) in [6.07, 6.45) is 4.90. The molecule has 0 radical (unpaired) electrons. The maximum Gasteiger partial charge on any atom is 0.290 e. The summed E-state index contributed by atoms with van der Waals surface area (Å²) in [5.41, 5.74) is 2.88. The largest absolute Gasteiger partial charge is 0.495 e. The highest BCUT2D eigenvalue weighted by Crippen LogP contribution is 2.36. The lowest BCUT2D eigenvalue weighted by Gasteiger charge is -2.47. The Morgan fingerprint density at radius 3 is 2.69 bits per heavy atom. The highest BCUT2D eigenvalue weighted by Gasteiger charge is 2.45. The Morgan fingerprint density at radius 1 is 1.14 bits per heavy atom. The van der Waals surface area contributed by atoms with E-state index in [1.807, 2.05) is 42.8 Å². The number of aromatic nitrogens is 2. The fraction of sp³-hybridized carbons (Fsp3) is 0.308. The first-order chi connectivity index (χ1) is 16.9. The van der Waals surface area contributed by atoms with Crippen LogP contribution in [0, 0.1) is 18.6 Å². The molecule has 0 aliphatic carbocycles. The molecule has 2 aliphatic heterocycles. The summed E-state index contributed by atoms with van der Waals surface area (Å²) >= 11 is 0. The van der Waals surface area contributed by atoms with E-state index in [1.165, 1.54) is 6.07 Å². The molecule has 0 spiro atoms. The van der Waals surface area contributed by atoms with Gasteiger partial charge in [-0.25, -0.2) is 13.8 Å². The van der Waals surface area contributed by atoms with Crippen molar-refractivity contribution in [3.8, 4) is 11.4 Å². The molecule has 9 heteroatoms. The van der Waals surface area contributed by atoms with Crippen LogP contribution in [0.15, 0.2) is 54.7 Å². The van der Waals surface area contributed by atoms with Crippen molar-refractivity contribution in [3.63, 3.8) is 0 Å². The molecule has 0 bridgehead atoms. The maximum absolute atomic E-state index is 14.0. The van der Waals surface area contributed by atoms with Gasteiger partial charge >= 0.3 is 0 Å². The summed E-state index contributed by atoms with van der Waals surface area (Å²) in [4.78, 5) is 19.5. The van der Waals surface area contributed by atoms with Gasteiger partial charge in [0.2, 0.25) is 0 Å². The third kappa shape index (κ3) is 4.27. The lowest BCUT2D eigenvalue weighted by atomic mass is 9.97. The van der Waals surface area contributed by atoms with E-state index in [1.54, 1.807) is 24.4 Å². The smallest absolute Gasteiger partial charge is 0.290 e. The molecular weight excluding hydrogens is 456 g/mol. The van der Waals surface area contributed by atoms with Crippen LogP contribution in [-0.2, 0) is 14.3 Å². The fourth-order valence-electron chi connectivity index (χ4n) is 4.58. The van der Waals surface area contributed by atoms with Gasteiger partial charge in [0.15, 0.2) is 17.4 Å². The van der Waals surface area contributed by atoms with Crippen LogP contribution in [0.3, 0.4) is 0 Å². The van der Waals surface area contributed by atoms with E-state index in [4.69, 9.17) is 14.2 Å². The molecule has 2 saturated heterocycles. The molecule has 2 aliphatic rings. The summed E-state index contributed by atoms with van der Waals surface area (Å²) in [7, 11) is 1.58.